The molecule has 0 radical (unpaired) electrons. The number of nitrogens with one attached hydrogen (secondary N) is 1. The van der Waals surface area contributed by atoms with Gasteiger partial charge in [-0.2, -0.15) is 9.61 Å². The van der Waals surface area contributed by atoms with Gasteiger partial charge in [0.15, 0.2) is 16.8 Å². The van der Waals surface area contributed by atoms with Gasteiger partial charge in [-0.15, -0.1) is 0 Å². The second-order valence-electron chi connectivity index (χ2n) is 9.41. The molecule has 9 nitrogen and oxygen atoms in total. The van der Waals surface area contributed by atoms with Gasteiger partial charge in [0, 0.05) is 56.3 Å². The van der Waals surface area contributed by atoms with Gasteiger partial charge in [-0.25, -0.2) is 4.98 Å². The molecule has 1 aliphatic rings. The Hall–Kier alpha value is -4.47. The Kier molecular flexibility index (Phi) is 5.92. The van der Waals surface area contributed by atoms with E-state index in [4.69, 9.17) is 9.40 Å². The summed E-state index contributed by atoms with van der Waals surface area (Å²) in [7, 11) is 1.99. The number of amides is 1. The first-order chi connectivity index (χ1) is 18.1. The zero-order valence-electron chi connectivity index (χ0n) is 20.4. The number of hydrogen-bond acceptors (Lipinski definition) is 7. The summed E-state index contributed by atoms with van der Waals surface area (Å²) in [6, 6.07) is 14.2. The number of aromatic nitrogens is 4. The summed E-state index contributed by atoms with van der Waals surface area (Å²) >= 11 is 0. The van der Waals surface area contributed by atoms with E-state index in [0.29, 0.717) is 30.6 Å². The molecule has 5 heterocycles. The maximum atomic E-state index is 13.4. The van der Waals surface area contributed by atoms with E-state index in [9.17, 15) is 9.59 Å². The minimum Gasteiger partial charge on any atom is -0.451 e. The van der Waals surface area contributed by atoms with E-state index in [1.165, 1.54) is 6.07 Å². The van der Waals surface area contributed by atoms with Crippen LogP contribution in [-0.2, 0) is 6.54 Å². The van der Waals surface area contributed by atoms with Crippen molar-refractivity contribution in [3.63, 3.8) is 0 Å². The number of carbonyl (C=O) groups excluding carboxylic acids is 1. The lowest BCUT2D eigenvalue weighted by molar-refractivity contribution is 0.0674. The number of para-hydroxylation sites is 1. The molecular formula is C27H25BN6O3. The second kappa shape index (κ2) is 9.53. The summed E-state index contributed by atoms with van der Waals surface area (Å²) in [4.78, 5) is 36.8. The van der Waals surface area contributed by atoms with Crippen molar-refractivity contribution in [1.82, 2.24) is 24.5 Å². The number of rotatable bonds is 5. The molecular weight excluding hydrogens is 467 g/mol. The van der Waals surface area contributed by atoms with Gasteiger partial charge in [0.2, 0.25) is 0 Å². The maximum absolute atomic E-state index is 13.4. The Morgan fingerprint density at radius 1 is 1.16 bits per heavy atom. The van der Waals surface area contributed by atoms with E-state index in [1.807, 2.05) is 36.8 Å². The van der Waals surface area contributed by atoms with Crippen LogP contribution in [0, 0.1) is 0 Å². The van der Waals surface area contributed by atoms with Crippen molar-refractivity contribution in [2.24, 2.45) is 0 Å². The molecule has 1 fully saturated rings. The molecule has 10 heteroatoms. The molecule has 184 valence electrons. The largest absolute Gasteiger partial charge is 0.451 e. The lowest BCUT2D eigenvalue weighted by Gasteiger charge is -2.32. The Morgan fingerprint density at radius 3 is 2.92 bits per heavy atom. The fourth-order valence-corrected chi connectivity index (χ4v) is 4.89. The summed E-state index contributed by atoms with van der Waals surface area (Å²) < 4.78 is 7.63. The van der Waals surface area contributed by atoms with Crippen LogP contribution in [0.4, 0.5) is 5.82 Å². The normalized spacial score (nSPS) is 15.8. The maximum Gasteiger partial charge on any atom is 0.289 e. The molecule has 0 saturated carbocycles. The number of piperidine rings is 1. The summed E-state index contributed by atoms with van der Waals surface area (Å²) in [5.74, 6) is 0.673. The third-order valence-corrected chi connectivity index (χ3v) is 6.84. The first kappa shape index (κ1) is 23.0. The van der Waals surface area contributed by atoms with Crippen LogP contribution in [0.5, 0.6) is 0 Å². The highest BCUT2D eigenvalue weighted by atomic mass is 16.3. The fraction of sp³-hybridized carbons (Fsp3) is 0.222. The first-order valence-corrected chi connectivity index (χ1v) is 12.4. The Bertz CT molecular complexity index is 1670. The molecule has 4 aromatic heterocycles. The highest BCUT2D eigenvalue weighted by molar-refractivity contribution is 6.36. The van der Waals surface area contributed by atoms with Gasteiger partial charge in [-0.05, 0) is 42.1 Å². The van der Waals surface area contributed by atoms with Gasteiger partial charge in [0.1, 0.15) is 19.2 Å². The Morgan fingerprint density at radius 2 is 2.05 bits per heavy atom. The number of likely N-dealkylation sites (tertiary alicyclic amines) is 1. The second-order valence-corrected chi connectivity index (χ2v) is 9.41. The monoisotopic (exact) mass is 492 g/mol. The Balaban J connectivity index is 1.28. The van der Waals surface area contributed by atoms with Gasteiger partial charge in [-0.1, -0.05) is 18.2 Å². The quantitative estimate of drug-likeness (QED) is 0.375. The number of fused-ring (bicyclic) bond motifs is 2. The molecule has 6 rings (SSSR count). The van der Waals surface area contributed by atoms with E-state index in [2.05, 4.69) is 15.4 Å². The first-order valence-electron chi connectivity index (χ1n) is 12.4. The van der Waals surface area contributed by atoms with Crippen LogP contribution in [0.1, 0.15) is 40.6 Å². The van der Waals surface area contributed by atoms with Gasteiger partial charge < -0.3 is 14.6 Å². The molecule has 1 amide bonds. The standard InChI is InChI=1S/C27H25BN6O3/c28-20-15-31-34-25(30-14-17-5-3-9-29-13-17)11-21(32-26(20)34)18-6-4-10-33(16-18)27(36)24-12-22(35)19-7-1-2-8-23(19)37-24/h1-3,5,7-9,11-13,15,18,30H,4,6,10,14,16,28H2. The number of anilines is 1. The highest BCUT2D eigenvalue weighted by Gasteiger charge is 2.29. The van der Waals surface area contributed by atoms with Crippen LogP contribution >= 0.6 is 0 Å². The molecule has 1 unspecified atom stereocenters. The van der Waals surface area contributed by atoms with Crippen LogP contribution in [-0.4, -0.2) is 51.3 Å². The molecule has 1 saturated heterocycles. The predicted octanol–water partition coefficient (Wildman–Crippen LogP) is 2.12. The molecule has 0 aliphatic carbocycles. The molecule has 0 bridgehead atoms. The molecule has 1 atom stereocenters. The van der Waals surface area contributed by atoms with E-state index in [0.717, 1.165) is 41.0 Å². The average Bonchev–Trinajstić information content (AvgIpc) is 3.32. The smallest absolute Gasteiger partial charge is 0.289 e. The van der Waals surface area contributed by atoms with Crippen LogP contribution in [0.2, 0.25) is 0 Å². The SMILES string of the molecule is Bc1cnn2c(NCc3cccnc3)cc(C3CCCN(C(=O)c4cc(=O)c5ccccc5o4)C3)nc12. The summed E-state index contributed by atoms with van der Waals surface area (Å²) in [6.45, 7) is 1.70. The van der Waals surface area contributed by atoms with Gasteiger partial charge in [0.25, 0.3) is 5.91 Å². The molecule has 1 N–H and O–H groups in total. The minimum atomic E-state index is -0.274. The third kappa shape index (κ3) is 4.46. The van der Waals surface area contributed by atoms with Crippen molar-refractivity contribution in [2.75, 3.05) is 18.4 Å². The number of benzene rings is 1. The summed E-state index contributed by atoms with van der Waals surface area (Å²) in [5, 5.41) is 8.44. The van der Waals surface area contributed by atoms with E-state index < -0.39 is 0 Å². The number of hydrogen-bond donors (Lipinski definition) is 1. The van der Waals surface area contributed by atoms with Crippen molar-refractivity contribution in [2.45, 2.75) is 25.3 Å². The van der Waals surface area contributed by atoms with Crippen molar-refractivity contribution in [3.8, 4) is 0 Å². The van der Waals surface area contributed by atoms with Crippen LogP contribution in [0.25, 0.3) is 16.6 Å². The van der Waals surface area contributed by atoms with Crippen LogP contribution < -0.4 is 16.2 Å². The van der Waals surface area contributed by atoms with E-state index >= 15 is 0 Å². The zero-order chi connectivity index (χ0) is 25.4. The van der Waals surface area contributed by atoms with E-state index in [-0.39, 0.29) is 23.0 Å². The number of pyridine rings is 1. The van der Waals surface area contributed by atoms with Crippen molar-refractivity contribution >= 4 is 41.7 Å². The van der Waals surface area contributed by atoms with E-state index in [1.54, 1.807) is 41.6 Å². The minimum absolute atomic E-state index is 0.0446. The lowest BCUT2D eigenvalue weighted by Crippen LogP contribution is -2.39. The number of carbonyl (C=O) groups is 1. The predicted molar refractivity (Wildman–Crippen MR) is 143 cm³/mol. The Labute approximate surface area is 213 Å². The van der Waals surface area contributed by atoms with Crippen LogP contribution in [0.3, 0.4) is 0 Å². The topological polar surface area (TPSA) is 106 Å². The summed E-state index contributed by atoms with van der Waals surface area (Å²) in [6.07, 6.45) is 7.13. The highest BCUT2D eigenvalue weighted by Crippen LogP contribution is 2.29. The van der Waals surface area contributed by atoms with Gasteiger partial charge >= 0.3 is 0 Å². The third-order valence-electron chi connectivity index (χ3n) is 6.84. The van der Waals surface area contributed by atoms with Gasteiger partial charge in [0.05, 0.1) is 11.1 Å². The van der Waals surface area contributed by atoms with Crippen molar-refractivity contribution in [1.29, 1.82) is 0 Å². The van der Waals surface area contributed by atoms with Crippen molar-refractivity contribution < 1.29 is 9.21 Å². The van der Waals surface area contributed by atoms with Gasteiger partial charge in [-0.3, -0.25) is 14.6 Å². The fourth-order valence-electron chi connectivity index (χ4n) is 4.89. The lowest BCUT2D eigenvalue weighted by atomic mass is 9.93. The molecule has 37 heavy (non-hydrogen) atoms. The molecule has 5 aromatic rings. The molecule has 0 spiro atoms. The summed E-state index contributed by atoms with van der Waals surface area (Å²) in [5.41, 5.74) is 3.93. The molecule has 1 aromatic carbocycles. The zero-order valence-corrected chi connectivity index (χ0v) is 20.4. The van der Waals surface area contributed by atoms with Crippen molar-refractivity contribution in [3.05, 3.63) is 94.4 Å². The van der Waals surface area contributed by atoms with Crippen LogP contribution in [0.15, 0.2) is 76.3 Å². The number of nitrogens with zero attached hydrogens (tertiary/aromatic N) is 5. The molecule has 1 aliphatic heterocycles. The average molecular weight is 492 g/mol.